The molecule has 0 bridgehead atoms. The number of ether oxygens (including phenoxy) is 1. The number of nitrogens with two attached hydrogens (primary N) is 1. The van der Waals surface area contributed by atoms with E-state index in [1.54, 1.807) is 36.4 Å². The van der Waals surface area contributed by atoms with Crippen molar-refractivity contribution in [1.82, 2.24) is 15.0 Å². The molecule has 4 rings (SSSR count). The van der Waals surface area contributed by atoms with E-state index in [-0.39, 0.29) is 23.1 Å². The number of fused-ring (bicyclic) bond motifs is 1. The first-order chi connectivity index (χ1) is 18.7. The van der Waals surface area contributed by atoms with Gasteiger partial charge in [0.1, 0.15) is 10.8 Å². The Morgan fingerprint density at radius 1 is 1.13 bits per heavy atom. The number of oxime groups is 1. The Hall–Kier alpha value is -4.00. The fourth-order valence-electron chi connectivity index (χ4n) is 3.87. The molecule has 0 aliphatic rings. The van der Waals surface area contributed by atoms with Crippen LogP contribution < -0.4 is 20.5 Å². The van der Waals surface area contributed by atoms with Crippen molar-refractivity contribution in [3.8, 4) is 5.75 Å². The summed E-state index contributed by atoms with van der Waals surface area (Å²) in [6.07, 6.45) is 0.949. The second-order valence-corrected chi connectivity index (χ2v) is 11.5. The molecule has 0 radical (unpaired) electrons. The van der Waals surface area contributed by atoms with Gasteiger partial charge in [-0.15, -0.1) is 11.3 Å². The van der Waals surface area contributed by atoms with Gasteiger partial charge in [0.15, 0.2) is 5.84 Å². The third-order valence-electron chi connectivity index (χ3n) is 5.76. The number of thiazole rings is 1. The monoisotopic (exact) mass is 567 g/mol. The Kier molecular flexibility index (Phi) is 9.12. The first kappa shape index (κ1) is 28.0. The van der Waals surface area contributed by atoms with Crippen molar-refractivity contribution in [3.63, 3.8) is 0 Å². The lowest BCUT2D eigenvalue weighted by molar-refractivity contribution is -0.118. The summed E-state index contributed by atoms with van der Waals surface area (Å²) in [7, 11) is -3.85. The molecule has 3 aromatic carbocycles. The average molecular weight is 568 g/mol. The minimum Gasteiger partial charge on any atom is -0.493 e. The number of sulfonamides is 1. The smallest absolute Gasteiger partial charge is 0.241 e. The summed E-state index contributed by atoms with van der Waals surface area (Å²) >= 11 is 1.37. The van der Waals surface area contributed by atoms with Crippen molar-refractivity contribution in [1.29, 1.82) is 0 Å². The predicted molar refractivity (Wildman–Crippen MR) is 151 cm³/mol. The number of amidine groups is 1. The van der Waals surface area contributed by atoms with Crippen LogP contribution in [0.25, 0.3) is 10.2 Å². The Balaban J connectivity index is 1.61. The summed E-state index contributed by atoms with van der Waals surface area (Å²) in [5, 5.41) is 15.4. The van der Waals surface area contributed by atoms with Crippen molar-refractivity contribution in [2.45, 2.75) is 30.7 Å². The molecule has 12 heteroatoms. The summed E-state index contributed by atoms with van der Waals surface area (Å²) in [6, 6.07) is 20.1. The lowest BCUT2D eigenvalue weighted by Gasteiger charge is -2.17. The maximum Gasteiger partial charge on any atom is 0.241 e. The van der Waals surface area contributed by atoms with Crippen molar-refractivity contribution in [2.24, 2.45) is 10.9 Å². The zero-order valence-corrected chi connectivity index (χ0v) is 22.8. The van der Waals surface area contributed by atoms with E-state index >= 15 is 0 Å². The standard InChI is InChI=1S/C27H29N5O5S2/c1-18(33)29-13-6-14-37-21-11-12-23-25(17-21)38-27(30-23)24(32-39(35,36)22-9-3-2-4-10-22)16-19-7-5-8-20(15-19)26(28)31-34/h2-5,7-12,15,17,24,32,34H,6,13-14,16H2,1H3,(H2,28,31)(H,29,33). The molecule has 0 fully saturated rings. The third kappa shape index (κ3) is 7.53. The van der Waals surface area contributed by atoms with Gasteiger partial charge in [-0.05, 0) is 54.8 Å². The minimum absolute atomic E-state index is 0.0390. The summed E-state index contributed by atoms with van der Waals surface area (Å²) in [6.45, 7) is 2.44. The molecule has 4 aromatic rings. The Morgan fingerprint density at radius 3 is 2.67 bits per heavy atom. The van der Waals surface area contributed by atoms with Gasteiger partial charge >= 0.3 is 0 Å². The molecule has 0 saturated carbocycles. The maximum atomic E-state index is 13.3. The molecular formula is C27H29N5O5S2. The largest absolute Gasteiger partial charge is 0.493 e. The molecule has 5 N–H and O–H groups in total. The van der Waals surface area contributed by atoms with Gasteiger partial charge in [0.25, 0.3) is 0 Å². The molecule has 1 aromatic heterocycles. The number of nitrogens with zero attached hydrogens (tertiary/aromatic N) is 2. The second-order valence-electron chi connectivity index (χ2n) is 8.74. The van der Waals surface area contributed by atoms with Gasteiger partial charge < -0.3 is 21.0 Å². The highest BCUT2D eigenvalue weighted by Crippen LogP contribution is 2.32. The van der Waals surface area contributed by atoms with Crippen LogP contribution in [0.5, 0.6) is 5.75 Å². The van der Waals surface area contributed by atoms with Crippen LogP contribution in [0.1, 0.15) is 35.5 Å². The predicted octanol–water partition coefficient (Wildman–Crippen LogP) is 3.56. The van der Waals surface area contributed by atoms with Crippen LogP contribution in [0, 0.1) is 0 Å². The van der Waals surface area contributed by atoms with E-state index in [0.717, 1.165) is 15.8 Å². The van der Waals surface area contributed by atoms with Crippen LogP contribution in [0.2, 0.25) is 0 Å². The van der Waals surface area contributed by atoms with E-state index in [2.05, 4.69) is 15.2 Å². The number of aromatic nitrogens is 1. The Bertz CT molecular complexity index is 1570. The third-order valence-corrected chi connectivity index (χ3v) is 8.38. The molecule has 39 heavy (non-hydrogen) atoms. The molecule has 1 heterocycles. The molecule has 10 nitrogen and oxygen atoms in total. The van der Waals surface area contributed by atoms with E-state index < -0.39 is 16.1 Å². The molecule has 1 unspecified atom stereocenters. The van der Waals surface area contributed by atoms with Crippen molar-refractivity contribution in [3.05, 3.63) is 88.9 Å². The highest BCUT2D eigenvalue weighted by Gasteiger charge is 2.25. The molecule has 0 spiro atoms. The number of amides is 1. The number of nitrogens with one attached hydrogen (secondary N) is 2. The van der Waals surface area contributed by atoms with Crippen LogP contribution in [-0.2, 0) is 21.2 Å². The summed E-state index contributed by atoms with van der Waals surface area (Å²) in [5.41, 5.74) is 7.78. The van der Waals surface area contributed by atoms with Crippen LogP contribution in [0.15, 0.2) is 82.8 Å². The van der Waals surface area contributed by atoms with Gasteiger partial charge in [-0.2, -0.15) is 0 Å². The molecule has 0 aliphatic heterocycles. The van der Waals surface area contributed by atoms with Crippen LogP contribution >= 0.6 is 11.3 Å². The molecule has 0 aliphatic carbocycles. The lowest BCUT2D eigenvalue weighted by atomic mass is 10.0. The van der Waals surface area contributed by atoms with Gasteiger partial charge in [0, 0.05) is 19.0 Å². The lowest BCUT2D eigenvalue weighted by Crippen LogP contribution is -2.30. The van der Waals surface area contributed by atoms with Gasteiger partial charge in [0.2, 0.25) is 15.9 Å². The molecule has 1 atom stereocenters. The summed E-state index contributed by atoms with van der Waals surface area (Å²) in [5.74, 6) is 0.541. The molecular weight excluding hydrogens is 538 g/mol. The quantitative estimate of drug-likeness (QED) is 0.0670. The number of rotatable bonds is 12. The number of carbonyl (C=O) groups excluding carboxylic acids is 1. The zero-order valence-electron chi connectivity index (χ0n) is 21.2. The summed E-state index contributed by atoms with van der Waals surface area (Å²) < 4.78 is 36.0. The topological polar surface area (TPSA) is 156 Å². The zero-order chi connectivity index (χ0) is 27.8. The Labute approximate surface area is 230 Å². The van der Waals surface area contributed by atoms with E-state index in [4.69, 9.17) is 20.7 Å². The average Bonchev–Trinajstić information content (AvgIpc) is 3.36. The van der Waals surface area contributed by atoms with Crippen LogP contribution in [-0.4, -0.2) is 43.5 Å². The van der Waals surface area contributed by atoms with Crippen molar-refractivity contribution in [2.75, 3.05) is 13.2 Å². The highest BCUT2D eigenvalue weighted by molar-refractivity contribution is 7.89. The van der Waals surface area contributed by atoms with E-state index in [1.807, 2.05) is 24.3 Å². The number of benzene rings is 3. The number of carbonyl (C=O) groups is 1. The SMILES string of the molecule is CC(=O)NCCCOc1ccc2nc(C(Cc3cccc(C(N)=NO)c3)NS(=O)(=O)c3ccccc3)sc2c1. The molecule has 0 saturated heterocycles. The second kappa shape index (κ2) is 12.7. The fraction of sp³-hybridized carbons (Fsp3) is 0.222. The van der Waals surface area contributed by atoms with E-state index in [0.29, 0.717) is 35.9 Å². The Morgan fingerprint density at radius 2 is 1.92 bits per heavy atom. The first-order valence-electron chi connectivity index (χ1n) is 12.2. The minimum atomic E-state index is -3.85. The number of hydrogen-bond donors (Lipinski definition) is 4. The van der Waals surface area contributed by atoms with Gasteiger partial charge in [-0.3, -0.25) is 4.79 Å². The maximum absolute atomic E-state index is 13.3. The highest BCUT2D eigenvalue weighted by atomic mass is 32.2. The van der Waals surface area contributed by atoms with E-state index in [9.17, 15) is 13.2 Å². The van der Waals surface area contributed by atoms with Crippen molar-refractivity contribution < 1.29 is 23.2 Å². The first-order valence-corrected chi connectivity index (χ1v) is 14.5. The van der Waals surface area contributed by atoms with Crippen LogP contribution in [0.3, 0.4) is 0 Å². The number of hydrogen-bond acceptors (Lipinski definition) is 8. The van der Waals surface area contributed by atoms with Crippen LogP contribution in [0.4, 0.5) is 0 Å². The van der Waals surface area contributed by atoms with Gasteiger partial charge in [-0.25, -0.2) is 18.1 Å². The van der Waals surface area contributed by atoms with E-state index in [1.165, 1.54) is 30.4 Å². The molecule has 1 amide bonds. The molecule has 204 valence electrons. The van der Waals surface area contributed by atoms with Gasteiger partial charge in [0.05, 0.1) is 27.8 Å². The van der Waals surface area contributed by atoms with Crippen molar-refractivity contribution >= 4 is 43.3 Å². The van der Waals surface area contributed by atoms with Gasteiger partial charge in [-0.1, -0.05) is 41.6 Å². The summed E-state index contributed by atoms with van der Waals surface area (Å²) in [4.78, 5) is 15.9. The normalized spacial score (nSPS) is 12.8. The fourth-order valence-corrected chi connectivity index (χ4v) is 6.22.